The average Bonchev–Trinajstić information content (AvgIpc) is 3.53. The van der Waals surface area contributed by atoms with Crippen LogP contribution in [0.25, 0.3) is 56.0 Å². The molecule has 3 aromatic heterocycles. The molecule has 0 N–H and O–H groups in total. The highest BCUT2D eigenvalue weighted by Gasteiger charge is 2.16. The zero-order valence-corrected chi connectivity index (χ0v) is 18.9. The van der Waals surface area contributed by atoms with E-state index in [2.05, 4.69) is 49.9 Å². The van der Waals surface area contributed by atoms with E-state index >= 15 is 0 Å². The summed E-state index contributed by atoms with van der Waals surface area (Å²) in [5, 5.41) is 16.2. The predicted molar refractivity (Wildman–Crippen MR) is 139 cm³/mol. The predicted octanol–water partition coefficient (Wildman–Crippen LogP) is 5.82. The van der Waals surface area contributed by atoms with Gasteiger partial charge in [0.25, 0.3) is 5.78 Å². The molecule has 168 valence electrons. The molecule has 36 heavy (non-hydrogen) atoms. The Balaban J connectivity index is 1.44. The highest BCUT2D eigenvalue weighted by molar-refractivity contribution is 6.10. The fourth-order valence-corrected chi connectivity index (χ4v) is 4.70. The highest BCUT2D eigenvalue weighted by atomic mass is 15.4. The molecule has 0 bridgehead atoms. The smallest absolute Gasteiger partial charge is 0.256 e. The molecule has 3 heterocycles. The van der Waals surface area contributed by atoms with Crippen molar-refractivity contribution in [1.82, 2.24) is 29.1 Å². The van der Waals surface area contributed by atoms with Crippen LogP contribution in [0.3, 0.4) is 0 Å². The zero-order valence-electron chi connectivity index (χ0n) is 18.9. The maximum absolute atomic E-state index is 9.20. The molecule has 7 nitrogen and oxygen atoms in total. The summed E-state index contributed by atoms with van der Waals surface area (Å²) in [7, 11) is 0. The molecule has 0 unspecified atom stereocenters. The van der Waals surface area contributed by atoms with Gasteiger partial charge in [-0.2, -0.15) is 19.7 Å². The summed E-state index contributed by atoms with van der Waals surface area (Å²) in [4.78, 5) is 13.5. The number of fused-ring (bicyclic) bond motifs is 4. The second-order valence-corrected chi connectivity index (χ2v) is 8.45. The van der Waals surface area contributed by atoms with Crippen LogP contribution in [-0.2, 0) is 0 Å². The summed E-state index contributed by atoms with van der Waals surface area (Å²) in [5.41, 5.74) is 5.64. The monoisotopic (exact) mass is 463 g/mol. The van der Waals surface area contributed by atoms with Crippen LogP contribution in [-0.4, -0.2) is 29.1 Å². The first kappa shape index (κ1) is 20.1. The van der Waals surface area contributed by atoms with Crippen LogP contribution in [0.5, 0.6) is 0 Å². The van der Waals surface area contributed by atoms with Gasteiger partial charge in [0.2, 0.25) is 0 Å². The van der Waals surface area contributed by atoms with Crippen molar-refractivity contribution in [2.45, 2.75) is 0 Å². The minimum atomic E-state index is 0.499. The molecule has 4 aromatic carbocycles. The molecular weight excluding hydrogens is 446 g/mol. The minimum absolute atomic E-state index is 0.499. The van der Waals surface area contributed by atoms with Gasteiger partial charge < -0.3 is 4.57 Å². The van der Waals surface area contributed by atoms with E-state index in [-0.39, 0.29) is 0 Å². The maximum Gasteiger partial charge on any atom is 0.256 e. The fraction of sp³-hybridized carbons (Fsp3) is 0. The number of benzene rings is 4. The van der Waals surface area contributed by atoms with Crippen molar-refractivity contribution in [3.63, 3.8) is 0 Å². The van der Waals surface area contributed by atoms with Gasteiger partial charge in [-0.05, 0) is 48.5 Å². The van der Waals surface area contributed by atoms with Crippen molar-refractivity contribution in [1.29, 1.82) is 5.26 Å². The lowest BCUT2D eigenvalue weighted by Gasteiger charge is -2.08. The largest absolute Gasteiger partial charge is 0.309 e. The standard InChI is InChI=1S/C29H17N7/c30-17-19-10-13-22(14-11-19)35-25-9-5-4-8-23(25)24-16-21(12-15-26(24)35)28-31-18-32-29-33-27(34-36(28)29)20-6-2-1-3-7-20/h1-16,18H. The lowest BCUT2D eigenvalue weighted by Crippen LogP contribution is -1.99. The SMILES string of the molecule is N#Cc1ccc(-n2c3ccccc3c3cc(-c4ncnc5nc(-c6ccccc6)nn45)ccc32)cc1. The van der Waals surface area contributed by atoms with Gasteiger partial charge in [0.15, 0.2) is 11.6 Å². The lowest BCUT2D eigenvalue weighted by molar-refractivity contribution is 0.905. The van der Waals surface area contributed by atoms with Crippen LogP contribution in [0.4, 0.5) is 0 Å². The summed E-state index contributed by atoms with van der Waals surface area (Å²) >= 11 is 0. The molecule has 7 rings (SSSR count). The Morgan fingerprint density at radius 1 is 0.694 bits per heavy atom. The maximum atomic E-state index is 9.20. The van der Waals surface area contributed by atoms with Crippen molar-refractivity contribution in [3.05, 3.63) is 109 Å². The van der Waals surface area contributed by atoms with Crippen molar-refractivity contribution < 1.29 is 0 Å². The molecule has 0 aliphatic rings. The van der Waals surface area contributed by atoms with Gasteiger partial charge in [-0.1, -0.05) is 48.5 Å². The molecule has 7 heteroatoms. The van der Waals surface area contributed by atoms with E-state index in [4.69, 9.17) is 5.10 Å². The summed E-state index contributed by atoms with van der Waals surface area (Å²) in [6.07, 6.45) is 1.53. The number of hydrogen-bond acceptors (Lipinski definition) is 5. The van der Waals surface area contributed by atoms with Crippen molar-refractivity contribution >= 4 is 27.6 Å². The fourth-order valence-electron chi connectivity index (χ4n) is 4.70. The number of nitriles is 1. The summed E-state index contributed by atoms with van der Waals surface area (Å²) in [6.45, 7) is 0. The van der Waals surface area contributed by atoms with Crippen LogP contribution in [0.2, 0.25) is 0 Å². The van der Waals surface area contributed by atoms with Crippen molar-refractivity contribution in [2.24, 2.45) is 0 Å². The first-order valence-corrected chi connectivity index (χ1v) is 11.5. The average molecular weight is 464 g/mol. The molecular formula is C29H17N7. The Kier molecular flexibility index (Phi) is 4.38. The lowest BCUT2D eigenvalue weighted by atomic mass is 10.1. The van der Waals surface area contributed by atoms with E-state index in [1.54, 1.807) is 4.52 Å². The number of hydrogen-bond donors (Lipinski definition) is 0. The van der Waals surface area contributed by atoms with E-state index in [1.165, 1.54) is 6.33 Å². The summed E-state index contributed by atoms with van der Waals surface area (Å²) < 4.78 is 3.91. The third-order valence-electron chi connectivity index (χ3n) is 6.36. The molecule has 0 saturated carbocycles. The molecule has 0 fully saturated rings. The van der Waals surface area contributed by atoms with Crippen LogP contribution in [0.15, 0.2) is 103 Å². The molecule has 0 aliphatic carbocycles. The van der Waals surface area contributed by atoms with Gasteiger partial charge in [0.1, 0.15) is 6.33 Å². The first-order valence-electron chi connectivity index (χ1n) is 11.5. The van der Waals surface area contributed by atoms with Crippen molar-refractivity contribution in [3.8, 4) is 34.5 Å². The van der Waals surface area contributed by atoms with Crippen LogP contribution in [0, 0.1) is 11.3 Å². The van der Waals surface area contributed by atoms with E-state index in [0.717, 1.165) is 38.6 Å². The highest BCUT2D eigenvalue weighted by Crippen LogP contribution is 2.34. The molecule has 0 saturated heterocycles. The summed E-state index contributed by atoms with van der Waals surface area (Å²) in [6, 6.07) is 34.3. The first-order chi connectivity index (χ1) is 17.8. The topological polar surface area (TPSA) is 84.7 Å². The Morgan fingerprint density at radius 2 is 1.47 bits per heavy atom. The van der Waals surface area contributed by atoms with E-state index in [9.17, 15) is 5.26 Å². The van der Waals surface area contributed by atoms with Gasteiger partial charge >= 0.3 is 0 Å². The molecule has 7 aromatic rings. The van der Waals surface area contributed by atoms with E-state index < -0.39 is 0 Å². The van der Waals surface area contributed by atoms with E-state index in [0.29, 0.717) is 23.0 Å². The van der Waals surface area contributed by atoms with Crippen LogP contribution < -0.4 is 0 Å². The molecule has 0 spiro atoms. The normalized spacial score (nSPS) is 11.3. The second kappa shape index (κ2) is 7.86. The zero-order chi connectivity index (χ0) is 24.1. The van der Waals surface area contributed by atoms with Gasteiger partial charge in [0.05, 0.1) is 22.7 Å². The molecule has 0 radical (unpaired) electrons. The Hall–Kier alpha value is -5.35. The summed E-state index contributed by atoms with van der Waals surface area (Å²) in [5.74, 6) is 1.78. The third kappa shape index (κ3) is 3.06. The number of aromatic nitrogens is 6. The van der Waals surface area contributed by atoms with E-state index in [1.807, 2.05) is 72.8 Å². The molecule has 0 aliphatic heterocycles. The minimum Gasteiger partial charge on any atom is -0.309 e. The van der Waals surface area contributed by atoms with Gasteiger partial charge in [-0.25, -0.2) is 4.98 Å². The Bertz CT molecular complexity index is 1940. The molecule has 0 atom stereocenters. The number of rotatable bonds is 3. The van der Waals surface area contributed by atoms with Crippen LogP contribution in [0.1, 0.15) is 5.56 Å². The van der Waals surface area contributed by atoms with Crippen molar-refractivity contribution in [2.75, 3.05) is 0 Å². The van der Waals surface area contributed by atoms with Gasteiger partial charge in [0, 0.05) is 27.6 Å². The second-order valence-electron chi connectivity index (χ2n) is 8.45. The quantitative estimate of drug-likeness (QED) is 0.330. The third-order valence-corrected chi connectivity index (χ3v) is 6.36. The Morgan fingerprint density at radius 3 is 2.31 bits per heavy atom. The Labute approximate surface area is 205 Å². The van der Waals surface area contributed by atoms with Gasteiger partial charge in [-0.15, -0.1) is 5.10 Å². The van der Waals surface area contributed by atoms with Gasteiger partial charge in [-0.3, -0.25) is 0 Å². The number of nitrogens with zero attached hydrogens (tertiary/aromatic N) is 7. The van der Waals surface area contributed by atoms with Crippen LogP contribution >= 0.6 is 0 Å². The molecule has 0 amide bonds. The number of para-hydroxylation sites is 1.